The zero-order chi connectivity index (χ0) is 28.7. The third-order valence-corrected chi connectivity index (χ3v) is 8.05. The topological polar surface area (TPSA) is 149 Å². The summed E-state index contributed by atoms with van der Waals surface area (Å²) in [6.07, 6.45) is -4.97. The van der Waals surface area contributed by atoms with E-state index >= 15 is 0 Å². The first kappa shape index (κ1) is 27.7. The maximum Gasteiger partial charge on any atom is 0.431 e. The van der Waals surface area contributed by atoms with Crippen LogP contribution >= 0.6 is 11.5 Å². The van der Waals surface area contributed by atoms with Crippen molar-refractivity contribution in [3.05, 3.63) is 92.4 Å². The summed E-state index contributed by atoms with van der Waals surface area (Å²) in [5.74, 6) is -3.57. The van der Waals surface area contributed by atoms with E-state index in [1.807, 2.05) is 0 Å². The highest BCUT2D eigenvalue weighted by molar-refractivity contribution is 7.88. The van der Waals surface area contributed by atoms with Gasteiger partial charge in [-0.3, -0.25) is 19.0 Å². The molecule has 4 rings (SSSR count). The Morgan fingerprint density at radius 3 is 2.36 bits per heavy atom. The summed E-state index contributed by atoms with van der Waals surface area (Å²) in [7, 11) is -3.68. The molecule has 2 aromatic heterocycles. The molecule has 16 heteroatoms. The highest BCUT2D eigenvalue weighted by Gasteiger charge is 2.36. The fourth-order valence-corrected chi connectivity index (χ4v) is 5.92. The van der Waals surface area contributed by atoms with E-state index in [1.54, 1.807) is 18.2 Å². The third kappa shape index (κ3) is 5.46. The Hall–Kier alpha value is -4.31. The van der Waals surface area contributed by atoms with Gasteiger partial charge >= 0.3 is 17.8 Å². The minimum atomic E-state index is -4.97. The van der Waals surface area contributed by atoms with Crippen molar-refractivity contribution in [3.63, 3.8) is 0 Å². The van der Waals surface area contributed by atoms with Crippen molar-refractivity contribution in [2.75, 3.05) is 6.54 Å². The predicted octanol–water partition coefficient (Wildman–Crippen LogP) is 2.22. The van der Waals surface area contributed by atoms with Crippen molar-refractivity contribution in [3.8, 4) is 5.69 Å². The second kappa shape index (κ2) is 10.1. The number of nitrogens with zero attached hydrogens (tertiary/aromatic N) is 4. The normalized spacial score (nSPS) is 12.0. The van der Waals surface area contributed by atoms with Crippen molar-refractivity contribution in [1.82, 2.24) is 17.8 Å². The Morgan fingerprint density at radius 2 is 1.74 bits per heavy atom. The number of benzene rings is 2. The smallest absolute Gasteiger partial charge is 0.431 e. The van der Waals surface area contributed by atoms with Crippen molar-refractivity contribution in [2.24, 2.45) is 7.05 Å². The van der Waals surface area contributed by atoms with Crippen LogP contribution < -0.4 is 11.2 Å². The summed E-state index contributed by atoms with van der Waals surface area (Å²) in [6.45, 7) is -1.20. The van der Waals surface area contributed by atoms with Crippen LogP contribution in [0.4, 0.5) is 13.2 Å². The van der Waals surface area contributed by atoms with Crippen molar-refractivity contribution >= 4 is 43.5 Å². The summed E-state index contributed by atoms with van der Waals surface area (Å²) < 4.78 is 70.9. The van der Waals surface area contributed by atoms with Gasteiger partial charge in [0.15, 0.2) is 5.69 Å². The lowest BCUT2D eigenvalue weighted by Gasteiger charge is -2.20. The molecule has 0 atom stereocenters. The Labute approximate surface area is 221 Å². The molecule has 0 unspecified atom stereocenters. The number of carboxylic acid groups (broad SMARTS) is 1. The summed E-state index contributed by atoms with van der Waals surface area (Å²) in [5.41, 5.74) is -4.47. The largest absolute Gasteiger partial charge is 0.480 e. The number of sulfonamides is 1. The van der Waals surface area contributed by atoms with Gasteiger partial charge in [0, 0.05) is 18.5 Å². The number of hydrogen-bond donors (Lipinski definition) is 1. The van der Waals surface area contributed by atoms with Crippen LogP contribution in [0.3, 0.4) is 0 Å². The van der Waals surface area contributed by atoms with Crippen LogP contribution in [-0.2, 0) is 33.8 Å². The molecule has 0 saturated carbocycles. The van der Waals surface area contributed by atoms with Crippen LogP contribution in [-0.4, -0.2) is 49.8 Å². The molecule has 11 nitrogen and oxygen atoms in total. The molecule has 0 aliphatic rings. The maximum atomic E-state index is 13.4. The molecule has 0 bridgehead atoms. The molecule has 39 heavy (non-hydrogen) atoms. The fraction of sp³-hybridized carbons (Fsp3) is 0.174. The van der Waals surface area contributed by atoms with Gasteiger partial charge < -0.3 is 5.11 Å². The van der Waals surface area contributed by atoms with Gasteiger partial charge in [-0.05, 0) is 35.3 Å². The van der Waals surface area contributed by atoms with Gasteiger partial charge in [0.05, 0.1) is 16.1 Å². The highest BCUT2D eigenvalue weighted by Crippen LogP contribution is 2.29. The van der Waals surface area contributed by atoms with E-state index in [-0.39, 0.29) is 26.0 Å². The first-order valence-electron chi connectivity index (χ1n) is 10.8. The van der Waals surface area contributed by atoms with Crippen LogP contribution in [0.25, 0.3) is 15.8 Å². The van der Waals surface area contributed by atoms with Crippen LogP contribution in [0, 0.1) is 0 Å². The number of aliphatic carboxylic acids is 1. The summed E-state index contributed by atoms with van der Waals surface area (Å²) in [5, 5.41) is 9.26. The van der Waals surface area contributed by atoms with E-state index in [2.05, 4.69) is 4.37 Å². The van der Waals surface area contributed by atoms with Gasteiger partial charge in [-0.25, -0.2) is 22.1 Å². The zero-order valence-corrected chi connectivity index (χ0v) is 21.4. The second-order valence-corrected chi connectivity index (χ2v) is 10.9. The molecule has 0 fully saturated rings. The number of rotatable bonds is 7. The number of hydrogen-bond acceptors (Lipinski definition) is 8. The molecular weight excluding hydrogens is 565 g/mol. The molecular formula is C23H17F3N4O7S2. The summed E-state index contributed by atoms with van der Waals surface area (Å²) in [4.78, 5) is 50.0. The SMILES string of the molecule is Cn1c(C(F)(F)F)cc(=O)n(-c2ccc3snc(C(=O)N(CC(=O)O)S(=O)(=O)Cc4ccccc4)c3c2)c1=O. The molecule has 2 heterocycles. The van der Waals surface area contributed by atoms with E-state index in [0.717, 1.165) is 24.6 Å². The van der Waals surface area contributed by atoms with Crippen molar-refractivity contribution < 1.29 is 36.3 Å². The Bertz CT molecular complexity index is 1830. The molecule has 1 N–H and O–H groups in total. The average molecular weight is 583 g/mol. The van der Waals surface area contributed by atoms with Crippen LogP contribution in [0.2, 0.25) is 0 Å². The molecule has 0 saturated heterocycles. The number of aromatic nitrogens is 3. The molecule has 2 aromatic carbocycles. The van der Waals surface area contributed by atoms with Gasteiger partial charge in [0.1, 0.15) is 12.2 Å². The van der Waals surface area contributed by atoms with Gasteiger partial charge in [0.2, 0.25) is 10.0 Å². The van der Waals surface area contributed by atoms with Crippen molar-refractivity contribution in [2.45, 2.75) is 11.9 Å². The molecule has 0 spiro atoms. The molecule has 0 radical (unpaired) electrons. The molecule has 4 aromatic rings. The lowest BCUT2D eigenvalue weighted by atomic mass is 10.2. The second-order valence-electron chi connectivity index (χ2n) is 8.20. The monoisotopic (exact) mass is 582 g/mol. The Balaban J connectivity index is 1.82. The average Bonchev–Trinajstić information content (AvgIpc) is 3.27. The number of halogens is 3. The quantitative estimate of drug-likeness (QED) is 0.349. The number of amides is 1. The van der Waals surface area contributed by atoms with E-state index in [1.165, 1.54) is 24.3 Å². The Morgan fingerprint density at radius 1 is 1.08 bits per heavy atom. The fourth-order valence-electron chi connectivity index (χ4n) is 3.76. The Kier molecular flexibility index (Phi) is 7.18. The zero-order valence-electron chi connectivity index (χ0n) is 19.7. The first-order valence-corrected chi connectivity index (χ1v) is 13.2. The van der Waals surface area contributed by atoms with Gasteiger partial charge in [-0.1, -0.05) is 30.3 Å². The van der Waals surface area contributed by atoms with Gasteiger partial charge in [-0.2, -0.15) is 17.5 Å². The maximum absolute atomic E-state index is 13.4. The number of carbonyl (C=O) groups excluding carboxylic acids is 1. The van der Waals surface area contributed by atoms with Crippen LogP contribution in [0.1, 0.15) is 21.7 Å². The van der Waals surface area contributed by atoms with E-state index < -0.39 is 63.0 Å². The lowest BCUT2D eigenvalue weighted by Crippen LogP contribution is -2.41. The van der Waals surface area contributed by atoms with Crippen LogP contribution in [0.15, 0.2) is 64.2 Å². The number of carbonyl (C=O) groups is 2. The van der Waals surface area contributed by atoms with Gasteiger partial charge in [0.25, 0.3) is 11.5 Å². The highest BCUT2D eigenvalue weighted by atomic mass is 32.2. The van der Waals surface area contributed by atoms with Gasteiger partial charge in [-0.15, -0.1) is 0 Å². The number of fused-ring (bicyclic) bond motifs is 1. The predicted molar refractivity (Wildman–Crippen MR) is 133 cm³/mol. The number of carboxylic acids is 1. The first-order chi connectivity index (χ1) is 18.2. The minimum Gasteiger partial charge on any atom is -0.480 e. The summed E-state index contributed by atoms with van der Waals surface area (Å²) in [6, 6.07) is 11.7. The molecule has 0 aliphatic heterocycles. The third-order valence-electron chi connectivity index (χ3n) is 5.56. The van der Waals surface area contributed by atoms with Crippen molar-refractivity contribution in [1.29, 1.82) is 0 Å². The van der Waals surface area contributed by atoms with E-state index in [9.17, 15) is 45.9 Å². The van der Waals surface area contributed by atoms with Crippen LogP contribution in [0.5, 0.6) is 0 Å². The van der Waals surface area contributed by atoms with E-state index in [0.29, 0.717) is 14.8 Å². The molecule has 1 amide bonds. The lowest BCUT2D eigenvalue weighted by molar-refractivity contribution is -0.144. The minimum absolute atomic E-state index is 0.0401. The molecule has 0 aliphatic carbocycles. The molecule has 204 valence electrons. The van der Waals surface area contributed by atoms with E-state index in [4.69, 9.17) is 0 Å². The number of alkyl halides is 3. The summed E-state index contributed by atoms with van der Waals surface area (Å²) >= 11 is 0.755. The standard InChI is InChI=1S/C23H17F3N4O7S2/c1-28-17(23(24,25)26)10-18(31)30(22(28)35)14-7-8-16-15(9-14)20(27-38-16)21(34)29(11-19(32)33)39(36,37)12-13-5-3-2-4-6-13/h2-10H,11-12H2,1H3,(H,32,33).